The van der Waals surface area contributed by atoms with Gasteiger partial charge in [-0.05, 0) is 25.7 Å². The quantitative estimate of drug-likeness (QED) is 0.125. The molecule has 13 nitrogen and oxygen atoms in total. The first-order valence-electron chi connectivity index (χ1n) is 10.5. The van der Waals surface area contributed by atoms with E-state index in [9.17, 15) is 34.2 Å². The smallest absolute Gasteiger partial charge is 0.326 e. The Kier molecular flexibility index (Phi) is 15.9. The number of carbonyl (C=O) groups is 5. The summed E-state index contributed by atoms with van der Waals surface area (Å²) in [6, 6.07) is -3.63. The van der Waals surface area contributed by atoms with Gasteiger partial charge in [-0.1, -0.05) is 0 Å². The van der Waals surface area contributed by atoms with Crippen LogP contribution in [0.25, 0.3) is 0 Å². The first-order valence-corrected chi connectivity index (χ1v) is 10.5. The molecule has 0 rings (SSSR count). The first kappa shape index (κ1) is 29.9. The number of hydrogen-bond acceptors (Lipinski definition) is 7. The van der Waals surface area contributed by atoms with Crippen LogP contribution < -0.4 is 10.6 Å². The highest BCUT2D eigenvalue weighted by Crippen LogP contribution is 2.08. The fraction of sp³-hybridized carbons (Fsp3) is 0.700. The predicted molar refractivity (Wildman–Crippen MR) is 114 cm³/mol. The fourth-order valence-corrected chi connectivity index (χ4v) is 2.63. The van der Waals surface area contributed by atoms with Crippen LogP contribution in [0.2, 0.25) is 0 Å². The molecule has 0 saturated carbocycles. The average molecular weight is 477 g/mol. The maximum Gasteiger partial charge on any atom is 0.326 e. The van der Waals surface area contributed by atoms with E-state index >= 15 is 0 Å². The monoisotopic (exact) mass is 476 g/mol. The Balaban J connectivity index is 4.31. The number of hydrogen-bond donors (Lipinski definition) is 5. The number of rotatable bonds is 19. The van der Waals surface area contributed by atoms with Gasteiger partial charge in [0.2, 0.25) is 5.91 Å². The maximum atomic E-state index is 12.3. The van der Waals surface area contributed by atoms with Crippen LogP contribution in [0.5, 0.6) is 0 Å². The van der Waals surface area contributed by atoms with Crippen molar-refractivity contribution in [2.24, 2.45) is 0 Å². The second-order valence-electron chi connectivity index (χ2n) is 7.10. The number of ether oxygens (including phenoxy) is 2. The number of unbranched alkanes of at least 4 members (excludes halogenated alkanes) is 1. The van der Waals surface area contributed by atoms with Crippen molar-refractivity contribution in [1.82, 2.24) is 15.5 Å². The normalized spacial score (nSPS) is 12.4. The molecule has 0 spiro atoms. The van der Waals surface area contributed by atoms with Crippen LogP contribution in [0.3, 0.4) is 0 Å². The number of nitrogens with zero attached hydrogens (tertiary/aromatic N) is 1. The zero-order valence-electron chi connectivity index (χ0n) is 18.8. The summed E-state index contributed by atoms with van der Waals surface area (Å²) in [6.45, 7) is 4.96. The molecule has 5 N–H and O–H groups in total. The van der Waals surface area contributed by atoms with E-state index in [1.54, 1.807) is 0 Å². The van der Waals surface area contributed by atoms with E-state index in [1.165, 1.54) is 0 Å². The summed E-state index contributed by atoms with van der Waals surface area (Å²) in [4.78, 5) is 58.1. The summed E-state index contributed by atoms with van der Waals surface area (Å²) in [6.07, 6.45) is 0.737. The van der Waals surface area contributed by atoms with E-state index < -0.39 is 42.4 Å². The third-order valence-electron chi connectivity index (χ3n) is 4.44. The highest BCUT2D eigenvalue weighted by atomic mass is 16.5. The van der Waals surface area contributed by atoms with Crippen molar-refractivity contribution < 1.29 is 48.8 Å². The summed E-state index contributed by atoms with van der Waals surface area (Å²) < 4.78 is 10.3. The van der Waals surface area contributed by atoms with Gasteiger partial charge in [-0.2, -0.15) is 0 Å². The van der Waals surface area contributed by atoms with Crippen LogP contribution in [0.4, 0.5) is 4.79 Å². The van der Waals surface area contributed by atoms with E-state index in [2.05, 4.69) is 17.6 Å². The Morgan fingerprint density at radius 3 is 2.18 bits per heavy atom. The number of urea groups is 1. The number of likely N-dealkylation sites (N-methyl/N-ethyl adjacent to an activating group) is 1. The minimum absolute atomic E-state index is 0.0533. The molecular weight excluding hydrogens is 442 g/mol. The Hall–Kier alpha value is -3.06. The molecule has 0 bridgehead atoms. The van der Waals surface area contributed by atoms with Crippen LogP contribution in [0.15, 0.2) is 0 Å². The second kappa shape index (κ2) is 17.5. The molecule has 0 aliphatic rings. The molecule has 0 aromatic heterocycles. The molecule has 3 amide bonds. The predicted octanol–water partition coefficient (Wildman–Crippen LogP) is -0.0571. The molecule has 33 heavy (non-hydrogen) atoms. The molecule has 2 unspecified atom stereocenters. The van der Waals surface area contributed by atoms with Crippen molar-refractivity contribution in [2.75, 3.05) is 40.0 Å². The topological polar surface area (TPSA) is 192 Å². The van der Waals surface area contributed by atoms with E-state index in [0.717, 1.165) is 11.9 Å². The largest absolute Gasteiger partial charge is 0.481 e. The van der Waals surface area contributed by atoms with E-state index in [-0.39, 0.29) is 38.5 Å². The lowest BCUT2D eigenvalue weighted by molar-refractivity contribution is -0.143. The van der Waals surface area contributed by atoms with Crippen LogP contribution in [-0.2, 0) is 28.7 Å². The molecule has 188 valence electrons. The molecule has 0 radical (unpaired) electrons. The van der Waals surface area contributed by atoms with Crippen molar-refractivity contribution in [3.8, 4) is 0 Å². The van der Waals surface area contributed by atoms with Crippen molar-refractivity contribution in [2.45, 2.75) is 50.6 Å². The van der Waals surface area contributed by atoms with Crippen molar-refractivity contribution in [3.63, 3.8) is 0 Å². The number of aliphatic carboxylic acids is 3. The van der Waals surface area contributed by atoms with Gasteiger partial charge in [0.25, 0.3) is 0 Å². The Bertz CT molecular complexity index is 644. The lowest BCUT2D eigenvalue weighted by atomic mass is 10.1. The Morgan fingerprint density at radius 2 is 1.61 bits per heavy atom. The van der Waals surface area contributed by atoms with Gasteiger partial charge in [0.15, 0.2) is 0 Å². The third-order valence-corrected chi connectivity index (χ3v) is 4.44. The molecule has 0 heterocycles. The van der Waals surface area contributed by atoms with Gasteiger partial charge >= 0.3 is 23.9 Å². The van der Waals surface area contributed by atoms with Gasteiger partial charge < -0.3 is 40.3 Å². The molecule has 0 aromatic rings. The second-order valence-corrected chi connectivity index (χ2v) is 7.10. The molecule has 0 aliphatic heterocycles. The van der Waals surface area contributed by atoms with E-state index in [4.69, 9.17) is 14.6 Å². The highest BCUT2D eigenvalue weighted by Gasteiger charge is 2.29. The lowest BCUT2D eigenvalue weighted by Crippen LogP contribution is -2.52. The zero-order valence-corrected chi connectivity index (χ0v) is 18.8. The summed E-state index contributed by atoms with van der Waals surface area (Å²) >= 11 is 0. The summed E-state index contributed by atoms with van der Waals surface area (Å²) in [5.74, 6) is -4.23. The SMILES string of the molecule is [CH2+]CCOCCOCC(=O)NCCCCC(NC(=O)N(C)C(CCC(=O)O)C(=O)O)C(=O)O. The van der Waals surface area contributed by atoms with Crippen molar-refractivity contribution in [3.05, 3.63) is 6.92 Å². The van der Waals surface area contributed by atoms with Crippen molar-refractivity contribution in [1.29, 1.82) is 0 Å². The Labute approximate surface area is 192 Å². The minimum atomic E-state index is -1.41. The summed E-state index contributed by atoms with van der Waals surface area (Å²) in [7, 11) is 1.15. The number of nitrogens with one attached hydrogen (secondary N) is 2. The number of carbonyl (C=O) groups excluding carboxylic acids is 2. The summed E-state index contributed by atoms with van der Waals surface area (Å²) in [5.41, 5.74) is 0. The van der Waals surface area contributed by atoms with Crippen LogP contribution in [-0.4, -0.2) is 102 Å². The number of carboxylic acids is 3. The first-order chi connectivity index (χ1) is 15.6. The van der Waals surface area contributed by atoms with Gasteiger partial charge in [-0.15, -0.1) is 0 Å². The highest BCUT2D eigenvalue weighted by molar-refractivity contribution is 5.86. The van der Waals surface area contributed by atoms with Gasteiger partial charge in [-0.3, -0.25) is 9.59 Å². The molecule has 2 atom stereocenters. The molecular formula is C20H34N3O10+. The maximum absolute atomic E-state index is 12.3. The molecule has 13 heteroatoms. The lowest BCUT2D eigenvalue weighted by Gasteiger charge is -2.26. The zero-order chi connectivity index (χ0) is 25.2. The molecule has 0 aromatic carbocycles. The van der Waals surface area contributed by atoms with Gasteiger partial charge in [0.1, 0.15) is 25.1 Å². The summed E-state index contributed by atoms with van der Waals surface area (Å²) in [5, 5.41) is 32.1. The van der Waals surface area contributed by atoms with Crippen LogP contribution in [0, 0.1) is 6.92 Å². The molecule has 0 aliphatic carbocycles. The Morgan fingerprint density at radius 1 is 0.939 bits per heavy atom. The van der Waals surface area contributed by atoms with Gasteiger partial charge in [-0.25, -0.2) is 14.4 Å². The molecule has 0 fully saturated rings. The number of carboxylic acid groups (broad SMARTS) is 3. The average Bonchev–Trinajstić information content (AvgIpc) is 2.74. The van der Waals surface area contributed by atoms with Gasteiger partial charge in [0.05, 0.1) is 26.7 Å². The van der Waals surface area contributed by atoms with Gasteiger partial charge in [0, 0.05) is 20.0 Å². The van der Waals surface area contributed by atoms with E-state index in [0.29, 0.717) is 32.5 Å². The minimum Gasteiger partial charge on any atom is -0.481 e. The third kappa shape index (κ3) is 14.6. The van der Waals surface area contributed by atoms with Crippen LogP contribution in [0.1, 0.15) is 38.5 Å². The van der Waals surface area contributed by atoms with Crippen molar-refractivity contribution >= 4 is 29.8 Å². The van der Waals surface area contributed by atoms with Crippen LogP contribution >= 0.6 is 0 Å². The van der Waals surface area contributed by atoms with E-state index in [1.807, 2.05) is 0 Å². The fourth-order valence-electron chi connectivity index (χ4n) is 2.63. The number of amides is 3. The standard InChI is InChI=1S/C20H33N3O10/c1-3-10-32-11-12-33-13-16(24)21-9-5-4-6-14(18(27)28)22-20(31)23(2)15(19(29)30)7-8-17(25)26/h14-15H,1,3-13H2,2H3,(H4-,21,22,24,25,26,27,28,29,30,31)/p+1. The molecule has 0 saturated heterocycles.